The standard InChI is InChI=1S/C15H26N2O5S2/c1-12-11-13(7-8-14(12)22-5)24(20,21)16-9-10-17(15(2,3)4)23(6,18)19/h7-8,11,16H,9-10H2,1-6H3. The number of hydrogen-bond donors (Lipinski definition) is 1. The largest absolute Gasteiger partial charge is 0.496 e. The average Bonchev–Trinajstić information content (AvgIpc) is 2.40. The molecule has 0 saturated carbocycles. The molecule has 0 bridgehead atoms. The van der Waals surface area contributed by atoms with Crippen molar-refractivity contribution in [2.75, 3.05) is 26.5 Å². The number of ether oxygens (including phenoxy) is 1. The molecule has 0 aliphatic rings. The fourth-order valence-corrected chi connectivity index (χ4v) is 4.91. The van der Waals surface area contributed by atoms with Crippen molar-refractivity contribution in [1.82, 2.24) is 9.03 Å². The molecule has 0 spiro atoms. The molecule has 0 saturated heterocycles. The number of nitrogens with one attached hydrogen (secondary N) is 1. The number of benzene rings is 1. The third-order valence-electron chi connectivity index (χ3n) is 3.43. The molecule has 1 aromatic rings. The van der Waals surface area contributed by atoms with Crippen molar-refractivity contribution in [3.63, 3.8) is 0 Å². The molecule has 0 amide bonds. The predicted molar refractivity (Wildman–Crippen MR) is 94.2 cm³/mol. The molecule has 0 unspecified atom stereocenters. The monoisotopic (exact) mass is 378 g/mol. The predicted octanol–water partition coefficient (Wildman–Crippen LogP) is 1.34. The maximum Gasteiger partial charge on any atom is 0.240 e. The maximum atomic E-state index is 12.3. The van der Waals surface area contributed by atoms with Gasteiger partial charge in [-0.05, 0) is 51.5 Å². The van der Waals surface area contributed by atoms with Crippen LogP contribution in [0, 0.1) is 6.92 Å². The maximum absolute atomic E-state index is 12.3. The van der Waals surface area contributed by atoms with Crippen LogP contribution in [0.1, 0.15) is 26.3 Å². The summed E-state index contributed by atoms with van der Waals surface area (Å²) in [4.78, 5) is 0.113. The van der Waals surface area contributed by atoms with E-state index in [1.807, 2.05) is 0 Å². The number of nitrogens with zero attached hydrogens (tertiary/aromatic N) is 1. The molecule has 0 heterocycles. The average molecular weight is 379 g/mol. The van der Waals surface area contributed by atoms with E-state index in [-0.39, 0.29) is 18.0 Å². The van der Waals surface area contributed by atoms with Crippen LogP contribution in [0.4, 0.5) is 0 Å². The molecule has 24 heavy (non-hydrogen) atoms. The Morgan fingerprint density at radius 3 is 2.17 bits per heavy atom. The molecule has 7 nitrogen and oxygen atoms in total. The van der Waals surface area contributed by atoms with E-state index in [1.165, 1.54) is 23.5 Å². The van der Waals surface area contributed by atoms with Crippen LogP contribution in [0.2, 0.25) is 0 Å². The van der Waals surface area contributed by atoms with E-state index in [0.29, 0.717) is 11.3 Å². The van der Waals surface area contributed by atoms with Crippen molar-refractivity contribution in [3.05, 3.63) is 23.8 Å². The van der Waals surface area contributed by atoms with Gasteiger partial charge < -0.3 is 4.74 Å². The second-order valence-corrected chi connectivity index (χ2v) is 10.2. The Kier molecular flexibility index (Phi) is 6.43. The van der Waals surface area contributed by atoms with Crippen molar-refractivity contribution in [1.29, 1.82) is 0 Å². The zero-order chi connectivity index (χ0) is 18.8. The topological polar surface area (TPSA) is 92.8 Å². The van der Waals surface area contributed by atoms with Gasteiger partial charge in [0, 0.05) is 18.6 Å². The molecule has 0 fully saturated rings. The summed E-state index contributed by atoms with van der Waals surface area (Å²) >= 11 is 0. The second-order valence-electron chi connectivity index (χ2n) is 6.54. The van der Waals surface area contributed by atoms with Gasteiger partial charge in [-0.1, -0.05) is 0 Å². The minimum atomic E-state index is -3.72. The van der Waals surface area contributed by atoms with E-state index >= 15 is 0 Å². The zero-order valence-corrected chi connectivity index (χ0v) is 16.6. The molecule has 0 aliphatic carbocycles. The fraction of sp³-hybridized carbons (Fsp3) is 0.600. The Bertz CT molecular complexity index is 781. The zero-order valence-electron chi connectivity index (χ0n) is 15.0. The van der Waals surface area contributed by atoms with Crippen LogP contribution in [-0.4, -0.2) is 53.1 Å². The first-order valence-corrected chi connectivity index (χ1v) is 10.7. The minimum absolute atomic E-state index is 0.0161. The Morgan fingerprint density at radius 1 is 1.17 bits per heavy atom. The summed E-state index contributed by atoms with van der Waals surface area (Å²) in [5.41, 5.74) is 0.0725. The van der Waals surface area contributed by atoms with E-state index in [9.17, 15) is 16.8 Å². The van der Waals surface area contributed by atoms with Gasteiger partial charge in [0.1, 0.15) is 5.75 Å². The molecule has 1 aromatic carbocycles. The van der Waals surface area contributed by atoms with Crippen LogP contribution in [-0.2, 0) is 20.0 Å². The summed E-state index contributed by atoms with van der Waals surface area (Å²) in [6.45, 7) is 7.07. The summed E-state index contributed by atoms with van der Waals surface area (Å²) in [6, 6.07) is 4.55. The molecule has 1 rings (SSSR count). The Morgan fingerprint density at radius 2 is 1.75 bits per heavy atom. The van der Waals surface area contributed by atoms with E-state index in [1.54, 1.807) is 33.8 Å². The third-order valence-corrected chi connectivity index (χ3v) is 6.42. The normalized spacial score (nSPS) is 13.3. The summed E-state index contributed by atoms with van der Waals surface area (Å²) in [6.07, 6.45) is 1.11. The van der Waals surface area contributed by atoms with E-state index in [4.69, 9.17) is 4.74 Å². The first-order chi connectivity index (χ1) is 10.8. The minimum Gasteiger partial charge on any atom is -0.496 e. The third kappa shape index (κ3) is 5.44. The van der Waals surface area contributed by atoms with Gasteiger partial charge in [-0.3, -0.25) is 0 Å². The molecule has 0 aromatic heterocycles. The molecular formula is C15H26N2O5S2. The van der Waals surface area contributed by atoms with Gasteiger partial charge in [-0.2, -0.15) is 4.31 Å². The van der Waals surface area contributed by atoms with Gasteiger partial charge in [-0.25, -0.2) is 21.6 Å². The van der Waals surface area contributed by atoms with Gasteiger partial charge >= 0.3 is 0 Å². The highest BCUT2D eigenvalue weighted by molar-refractivity contribution is 7.89. The fourth-order valence-electron chi connectivity index (χ4n) is 2.38. The lowest BCUT2D eigenvalue weighted by molar-refractivity contribution is 0.254. The highest BCUT2D eigenvalue weighted by atomic mass is 32.2. The number of hydrogen-bond acceptors (Lipinski definition) is 5. The van der Waals surface area contributed by atoms with Crippen LogP contribution >= 0.6 is 0 Å². The molecule has 0 radical (unpaired) electrons. The molecule has 1 N–H and O–H groups in total. The summed E-state index contributed by atoms with van der Waals surface area (Å²) in [5.74, 6) is 0.602. The molecule has 0 aliphatic heterocycles. The SMILES string of the molecule is COc1ccc(S(=O)(=O)NCCN(C(C)(C)C)S(C)(=O)=O)cc1C. The van der Waals surface area contributed by atoms with Crippen molar-refractivity contribution in [2.45, 2.75) is 38.1 Å². The molecule has 138 valence electrons. The lowest BCUT2D eigenvalue weighted by Gasteiger charge is -2.33. The van der Waals surface area contributed by atoms with Gasteiger partial charge in [0.05, 0.1) is 18.3 Å². The molecular weight excluding hydrogens is 352 g/mol. The van der Waals surface area contributed by atoms with Gasteiger partial charge in [0.15, 0.2) is 0 Å². The first kappa shape index (κ1) is 20.9. The van der Waals surface area contributed by atoms with Crippen LogP contribution in [0.15, 0.2) is 23.1 Å². The lowest BCUT2D eigenvalue weighted by atomic mass is 10.1. The Labute approximate surface area is 145 Å². The van der Waals surface area contributed by atoms with Gasteiger partial charge in [0.25, 0.3) is 0 Å². The van der Waals surface area contributed by atoms with Crippen molar-refractivity contribution >= 4 is 20.0 Å². The lowest BCUT2D eigenvalue weighted by Crippen LogP contribution is -2.48. The van der Waals surface area contributed by atoms with Crippen molar-refractivity contribution < 1.29 is 21.6 Å². The highest BCUT2D eigenvalue weighted by Crippen LogP contribution is 2.21. The second kappa shape index (κ2) is 7.38. The Balaban J connectivity index is 2.87. The summed E-state index contributed by atoms with van der Waals surface area (Å²) in [5, 5.41) is 0. The van der Waals surface area contributed by atoms with Gasteiger partial charge in [0.2, 0.25) is 20.0 Å². The van der Waals surface area contributed by atoms with Crippen molar-refractivity contribution in [3.8, 4) is 5.75 Å². The highest BCUT2D eigenvalue weighted by Gasteiger charge is 2.29. The first-order valence-electron chi connectivity index (χ1n) is 7.41. The number of sulfonamides is 2. The van der Waals surface area contributed by atoms with Crippen LogP contribution in [0.5, 0.6) is 5.75 Å². The Hall–Kier alpha value is -1.16. The van der Waals surface area contributed by atoms with Gasteiger partial charge in [-0.15, -0.1) is 0 Å². The number of rotatable bonds is 7. The quantitative estimate of drug-likeness (QED) is 0.773. The molecule has 0 atom stereocenters. The molecule has 9 heteroatoms. The van der Waals surface area contributed by atoms with E-state index in [0.717, 1.165) is 6.26 Å². The van der Waals surface area contributed by atoms with Crippen LogP contribution in [0.25, 0.3) is 0 Å². The van der Waals surface area contributed by atoms with E-state index < -0.39 is 25.6 Å². The van der Waals surface area contributed by atoms with E-state index in [2.05, 4.69) is 4.72 Å². The number of aryl methyl sites for hydroxylation is 1. The summed E-state index contributed by atoms with van der Waals surface area (Å²) < 4.78 is 57.2. The van der Waals surface area contributed by atoms with Crippen molar-refractivity contribution in [2.24, 2.45) is 0 Å². The smallest absolute Gasteiger partial charge is 0.240 e. The van der Waals surface area contributed by atoms with Crippen LogP contribution < -0.4 is 9.46 Å². The number of methoxy groups -OCH3 is 1. The summed E-state index contributed by atoms with van der Waals surface area (Å²) in [7, 11) is -5.65. The van der Waals surface area contributed by atoms with Crippen LogP contribution in [0.3, 0.4) is 0 Å².